The Morgan fingerprint density at radius 3 is 2.16 bits per heavy atom. The van der Waals surface area contributed by atoms with Crippen molar-refractivity contribution in [1.29, 1.82) is 0 Å². The Morgan fingerprint density at radius 2 is 1.60 bits per heavy atom. The summed E-state index contributed by atoms with van der Waals surface area (Å²) >= 11 is 3.59. The number of nitrogens with one attached hydrogen (secondary N) is 3. The maximum atomic E-state index is 13.8. The number of carboxylic acids is 1. The minimum Gasteiger partial charge on any atom is -0.477 e. The lowest BCUT2D eigenvalue weighted by Crippen LogP contribution is -2.71. The highest BCUT2D eigenvalue weighted by atomic mass is 32.2. The molecule has 1 unspecified atom stereocenters. The van der Waals surface area contributed by atoms with E-state index in [0.717, 1.165) is 37.9 Å². The summed E-state index contributed by atoms with van der Waals surface area (Å²) in [4.78, 5) is 74.3. The molecule has 1 saturated heterocycles. The molecule has 0 bridgehead atoms. The lowest BCUT2D eigenvalue weighted by atomic mass is 9.77. The molecular formula is C37H32N8O7S3. The average Bonchev–Trinajstić information content (AvgIpc) is 3.68. The molecule has 5 aromatic rings. The topological polar surface area (TPSA) is 201 Å². The van der Waals surface area contributed by atoms with Crippen LogP contribution in [0, 0.1) is 0 Å². The van der Waals surface area contributed by atoms with E-state index in [2.05, 4.69) is 26.0 Å². The van der Waals surface area contributed by atoms with E-state index in [4.69, 9.17) is 9.82 Å². The van der Waals surface area contributed by atoms with E-state index in [0.29, 0.717) is 10.7 Å². The van der Waals surface area contributed by atoms with Gasteiger partial charge in [0.15, 0.2) is 16.0 Å². The standard InChI is InChI=1S/C37H32N8O7S3/c1-44-32(49)30(47)41-42-36(44)55-19-21-18-53-33-27(31(48)45(33)28(21)34(50)51)39-29(46)26(43-52-2)25-20-54-35(38-25)40-37(22-12-6-3-7-13-22,23-14-8-4-9-15-23)24-16-10-5-11-17-24/h3-17,20,27,33H,18-19H2,1-2H3,(H,38,40)(H,39,46)(H,41,47)(H,50,51)/t27?,33-/m1/s1. The van der Waals surface area contributed by atoms with E-state index in [1.54, 1.807) is 5.38 Å². The highest BCUT2D eigenvalue weighted by Crippen LogP contribution is 2.42. The lowest BCUT2D eigenvalue weighted by Gasteiger charge is -2.49. The highest BCUT2D eigenvalue weighted by molar-refractivity contribution is 8.01. The van der Waals surface area contributed by atoms with Crippen LogP contribution in [0.25, 0.3) is 0 Å². The first-order valence-corrected chi connectivity index (χ1v) is 19.6. The molecule has 0 aliphatic carbocycles. The van der Waals surface area contributed by atoms with Gasteiger partial charge in [-0.05, 0) is 22.3 Å². The van der Waals surface area contributed by atoms with E-state index >= 15 is 0 Å². The van der Waals surface area contributed by atoms with Gasteiger partial charge in [0, 0.05) is 23.9 Å². The Kier molecular flexibility index (Phi) is 10.7. The fourth-order valence-corrected chi connectivity index (χ4v) is 9.58. The number of aliphatic carboxylic acids is 1. The number of rotatable bonds is 13. The number of amides is 2. The highest BCUT2D eigenvalue weighted by Gasteiger charge is 2.54. The number of β-lactam (4-membered cyclic amide) rings is 1. The van der Waals surface area contributed by atoms with E-state index in [9.17, 15) is 29.1 Å². The van der Waals surface area contributed by atoms with Gasteiger partial charge in [-0.15, -0.1) is 28.2 Å². The van der Waals surface area contributed by atoms with Crippen LogP contribution >= 0.6 is 34.9 Å². The van der Waals surface area contributed by atoms with E-state index in [1.807, 2.05) is 91.0 Å². The summed E-state index contributed by atoms with van der Waals surface area (Å²) in [5, 5.41) is 28.1. The van der Waals surface area contributed by atoms with E-state index in [-0.39, 0.29) is 33.8 Å². The van der Waals surface area contributed by atoms with Gasteiger partial charge < -0.3 is 20.6 Å². The first kappa shape index (κ1) is 37.3. The molecule has 0 saturated carbocycles. The number of thioether (sulfide) groups is 2. The average molecular weight is 797 g/mol. The van der Waals surface area contributed by atoms with Crippen molar-refractivity contribution in [2.24, 2.45) is 12.2 Å². The predicted octanol–water partition coefficient (Wildman–Crippen LogP) is 3.21. The maximum absolute atomic E-state index is 13.8. The Labute approximate surface area is 325 Å². The third-order valence-electron chi connectivity index (χ3n) is 9.01. The summed E-state index contributed by atoms with van der Waals surface area (Å²) in [6, 6.07) is 28.8. The van der Waals surface area contributed by atoms with Crippen LogP contribution in [-0.2, 0) is 31.8 Å². The molecule has 280 valence electrons. The largest absolute Gasteiger partial charge is 0.477 e. The number of H-pyrrole nitrogens is 1. The van der Waals surface area contributed by atoms with Crippen molar-refractivity contribution in [3.05, 3.63) is 151 Å². The zero-order chi connectivity index (χ0) is 38.7. The number of hydrogen-bond acceptors (Lipinski definition) is 13. The zero-order valence-corrected chi connectivity index (χ0v) is 31.6. The summed E-state index contributed by atoms with van der Waals surface area (Å²) in [7, 11) is 2.68. The lowest BCUT2D eigenvalue weighted by molar-refractivity contribution is -0.150. The molecule has 3 aromatic carbocycles. The summed E-state index contributed by atoms with van der Waals surface area (Å²) in [6.45, 7) is 0. The molecular weight excluding hydrogens is 765 g/mol. The molecule has 18 heteroatoms. The van der Waals surface area contributed by atoms with Gasteiger partial charge in [0.25, 0.3) is 11.8 Å². The number of nitrogens with zero attached hydrogens (tertiary/aromatic N) is 5. The molecule has 2 atom stereocenters. The van der Waals surface area contributed by atoms with Crippen molar-refractivity contribution in [3.63, 3.8) is 0 Å². The minimum absolute atomic E-state index is 0.0828. The van der Waals surface area contributed by atoms with Crippen LogP contribution < -0.4 is 21.8 Å². The summed E-state index contributed by atoms with van der Waals surface area (Å²) < 4.78 is 1.07. The van der Waals surface area contributed by atoms with Gasteiger partial charge in [-0.2, -0.15) is 0 Å². The van der Waals surface area contributed by atoms with Crippen LogP contribution in [0.4, 0.5) is 5.13 Å². The molecule has 1 fully saturated rings. The third kappa shape index (κ3) is 7.06. The number of fused-ring (bicyclic) bond motifs is 1. The van der Waals surface area contributed by atoms with Gasteiger partial charge in [-0.1, -0.05) is 108 Å². The number of carbonyl (C=O) groups excluding carboxylic acids is 2. The molecule has 0 spiro atoms. The maximum Gasteiger partial charge on any atom is 0.352 e. The van der Waals surface area contributed by atoms with Crippen molar-refractivity contribution in [3.8, 4) is 0 Å². The Bertz CT molecular complexity index is 2340. The number of carboxylic acid groups (broad SMARTS) is 1. The first-order valence-electron chi connectivity index (χ1n) is 16.6. The quantitative estimate of drug-likeness (QED) is 0.0339. The van der Waals surface area contributed by atoms with Gasteiger partial charge in [-0.3, -0.25) is 28.6 Å². The monoisotopic (exact) mass is 796 g/mol. The molecule has 7 rings (SSSR count). The predicted molar refractivity (Wildman–Crippen MR) is 209 cm³/mol. The number of aromatic amines is 1. The normalized spacial score (nSPS) is 16.9. The molecule has 15 nitrogen and oxygen atoms in total. The number of aromatic nitrogens is 4. The number of thiazole rings is 1. The van der Waals surface area contributed by atoms with Crippen LogP contribution in [0.2, 0.25) is 0 Å². The molecule has 4 heterocycles. The second-order valence-electron chi connectivity index (χ2n) is 12.2. The summed E-state index contributed by atoms with van der Waals surface area (Å²) in [5.74, 6) is -2.36. The summed E-state index contributed by atoms with van der Waals surface area (Å²) in [6.07, 6.45) is 0. The Morgan fingerprint density at radius 1 is 1.00 bits per heavy atom. The van der Waals surface area contributed by atoms with Gasteiger partial charge in [-0.25, -0.2) is 14.9 Å². The number of anilines is 1. The van der Waals surface area contributed by atoms with Crippen LogP contribution in [0.3, 0.4) is 0 Å². The van der Waals surface area contributed by atoms with E-state index in [1.165, 1.54) is 37.3 Å². The van der Waals surface area contributed by atoms with Crippen molar-refractivity contribution < 1.29 is 24.3 Å². The fraction of sp³-hybridized carbons (Fsp3) is 0.189. The third-order valence-corrected chi connectivity index (χ3v) is 12.2. The Hall–Kier alpha value is -5.98. The number of hydrogen-bond donors (Lipinski definition) is 4. The second kappa shape index (κ2) is 15.8. The molecule has 2 amide bonds. The first-order chi connectivity index (χ1) is 26.6. The molecule has 2 aromatic heterocycles. The van der Waals surface area contributed by atoms with Crippen LogP contribution in [0.1, 0.15) is 22.4 Å². The molecule has 2 aliphatic heterocycles. The van der Waals surface area contributed by atoms with Gasteiger partial charge in [0.1, 0.15) is 35.5 Å². The molecule has 0 radical (unpaired) electrons. The minimum atomic E-state index is -1.32. The van der Waals surface area contributed by atoms with Crippen LogP contribution in [0.15, 0.2) is 128 Å². The van der Waals surface area contributed by atoms with Crippen molar-refractivity contribution >= 4 is 63.5 Å². The van der Waals surface area contributed by atoms with Crippen LogP contribution in [-0.4, -0.2) is 83.3 Å². The van der Waals surface area contributed by atoms with Crippen molar-refractivity contribution in [2.75, 3.05) is 23.9 Å². The fourth-order valence-electron chi connectivity index (χ4n) is 6.42. The Balaban J connectivity index is 1.12. The molecule has 55 heavy (non-hydrogen) atoms. The SMILES string of the molecule is CON=C(C(=O)NC1C(=O)N2C(C(=O)O)=C(CSc3n[nH]c(=O)c(=O)n3C)CS[C@H]12)c1csc(NC(c2ccccc2)(c2ccccc2)c2ccccc2)n1. The zero-order valence-electron chi connectivity index (χ0n) is 29.2. The van der Waals surface area contributed by atoms with E-state index < -0.39 is 45.9 Å². The van der Waals surface area contributed by atoms with Crippen molar-refractivity contribution in [2.45, 2.75) is 22.1 Å². The van der Waals surface area contributed by atoms with Gasteiger partial charge in [0.05, 0.1) is 0 Å². The number of benzene rings is 3. The number of carbonyl (C=O) groups is 3. The van der Waals surface area contributed by atoms with Crippen molar-refractivity contribution in [1.82, 2.24) is 30.0 Å². The number of oxime groups is 1. The summed E-state index contributed by atoms with van der Waals surface area (Å²) in [5.41, 5.74) is 0.552. The van der Waals surface area contributed by atoms with Crippen LogP contribution in [0.5, 0.6) is 0 Å². The smallest absolute Gasteiger partial charge is 0.352 e. The van der Waals surface area contributed by atoms with Gasteiger partial charge >= 0.3 is 17.1 Å². The van der Waals surface area contributed by atoms with Gasteiger partial charge in [0.2, 0.25) is 0 Å². The second-order valence-corrected chi connectivity index (χ2v) is 15.1. The molecule has 4 N–H and O–H groups in total. The molecule has 2 aliphatic rings.